The molecule has 0 aliphatic carbocycles. The third kappa shape index (κ3) is 4.21. The molecule has 1 saturated heterocycles. The van der Waals surface area contributed by atoms with Gasteiger partial charge in [0.1, 0.15) is 5.75 Å². The van der Waals surface area contributed by atoms with Gasteiger partial charge in [-0.15, -0.1) is 0 Å². The van der Waals surface area contributed by atoms with Crippen LogP contribution >= 0.6 is 0 Å². The van der Waals surface area contributed by atoms with E-state index in [1.165, 1.54) is 7.11 Å². The van der Waals surface area contributed by atoms with Crippen LogP contribution in [0.25, 0.3) is 0 Å². The first-order valence-electron chi connectivity index (χ1n) is 8.62. The Morgan fingerprint density at radius 1 is 1.08 bits per heavy atom. The number of hydrogen-bond acceptors (Lipinski definition) is 4. The van der Waals surface area contributed by atoms with E-state index in [2.05, 4.69) is 10.6 Å². The number of nitrogens with one attached hydrogen (secondary N) is 2. The molecule has 0 spiro atoms. The van der Waals surface area contributed by atoms with Crippen LogP contribution in [0.4, 0.5) is 5.69 Å². The maximum Gasteiger partial charge on any atom is 0.259 e. The minimum atomic E-state index is -0.332. The van der Waals surface area contributed by atoms with Gasteiger partial charge in [-0.25, -0.2) is 0 Å². The number of carbonyl (C=O) groups excluding carboxylic acids is 2. The fourth-order valence-electron chi connectivity index (χ4n) is 2.92. The summed E-state index contributed by atoms with van der Waals surface area (Å²) in [4.78, 5) is 25.1. The monoisotopic (exact) mass is 354 g/mol. The van der Waals surface area contributed by atoms with Gasteiger partial charge in [-0.3, -0.25) is 9.59 Å². The van der Waals surface area contributed by atoms with Gasteiger partial charge in [0.2, 0.25) is 0 Å². The van der Waals surface area contributed by atoms with E-state index in [1.807, 2.05) is 0 Å². The Hall–Kier alpha value is -2.86. The van der Waals surface area contributed by atoms with E-state index < -0.39 is 0 Å². The summed E-state index contributed by atoms with van der Waals surface area (Å²) in [6, 6.07) is 13.9. The molecule has 3 rings (SSSR count). The van der Waals surface area contributed by atoms with Gasteiger partial charge in [-0.1, -0.05) is 24.3 Å². The molecule has 2 amide bonds. The lowest BCUT2D eigenvalue weighted by atomic mass is 10.1. The summed E-state index contributed by atoms with van der Waals surface area (Å²) in [5.41, 5.74) is 1.27. The van der Waals surface area contributed by atoms with Gasteiger partial charge >= 0.3 is 0 Å². The molecule has 0 bridgehead atoms. The highest BCUT2D eigenvalue weighted by Gasteiger charge is 2.19. The van der Waals surface area contributed by atoms with E-state index in [0.717, 1.165) is 19.4 Å². The zero-order chi connectivity index (χ0) is 18.4. The lowest BCUT2D eigenvalue weighted by Gasteiger charge is -2.14. The van der Waals surface area contributed by atoms with Gasteiger partial charge in [0, 0.05) is 13.2 Å². The van der Waals surface area contributed by atoms with E-state index in [9.17, 15) is 9.59 Å². The fraction of sp³-hybridized carbons (Fsp3) is 0.300. The molecule has 6 nitrogen and oxygen atoms in total. The standard InChI is InChI=1S/C20H22N2O4/c1-25-18-11-5-3-9-16(18)20(24)22-17-10-4-2-8-15(17)19(23)21-13-14-7-6-12-26-14/h2-5,8-11,14H,6-7,12-13H2,1H3,(H,21,23)(H,22,24)/t14-/m1/s1. The molecule has 0 aromatic heterocycles. The first-order valence-corrected chi connectivity index (χ1v) is 8.62. The zero-order valence-electron chi connectivity index (χ0n) is 14.7. The molecule has 1 aliphatic heterocycles. The van der Waals surface area contributed by atoms with Crippen molar-refractivity contribution in [3.05, 3.63) is 59.7 Å². The van der Waals surface area contributed by atoms with Gasteiger partial charge < -0.3 is 20.1 Å². The van der Waals surface area contributed by atoms with Gasteiger partial charge in [0.15, 0.2) is 0 Å². The molecule has 2 aromatic carbocycles. The maximum atomic E-state index is 12.6. The normalized spacial score (nSPS) is 16.1. The van der Waals surface area contributed by atoms with Crippen molar-refractivity contribution < 1.29 is 19.1 Å². The topological polar surface area (TPSA) is 76.7 Å². The second-order valence-electron chi connectivity index (χ2n) is 6.05. The van der Waals surface area contributed by atoms with Crippen LogP contribution in [0.5, 0.6) is 5.75 Å². The second-order valence-corrected chi connectivity index (χ2v) is 6.05. The van der Waals surface area contributed by atoms with Crippen molar-refractivity contribution in [2.75, 3.05) is 25.6 Å². The zero-order valence-corrected chi connectivity index (χ0v) is 14.7. The van der Waals surface area contributed by atoms with Crippen LogP contribution < -0.4 is 15.4 Å². The van der Waals surface area contributed by atoms with Crippen molar-refractivity contribution >= 4 is 17.5 Å². The number of amides is 2. The second kappa shape index (κ2) is 8.49. The van der Waals surface area contributed by atoms with E-state index in [4.69, 9.17) is 9.47 Å². The van der Waals surface area contributed by atoms with Crippen LogP contribution in [-0.4, -0.2) is 38.2 Å². The molecule has 2 aromatic rings. The molecule has 6 heteroatoms. The van der Waals surface area contributed by atoms with Crippen molar-refractivity contribution in [1.29, 1.82) is 0 Å². The lowest BCUT2D eigenvalue weighted by molar-refractivity contribution is 0.0858. The Morgan fingerprint density at radius 3 is 2.54 bits per heavy atom. The van der Waals surface area contributed by atoms with Gasteiger partial charge in [0.25, 0.3) is 11.8 Å². The predicted molar refractivity (Wildman–Crippen MR) is 98.7 cm³/mol. The molecule has 136 valence electrons. The predicted octanol–water partition coefficient (Wildman–Crippen LogP) is 2.86. The maximum absolute atomic E-state index is 12.6. The lowest BCUT2D eigenvalue weighted by Crippen LogP contribution is -2.32. The summed E-state index contributed by atoms with van der Waals surface area (Å²) >= 11 is 0. The first kappa shape index (κ1) is 17.9. The Kier molecular flexibility index (Phi) is 5.86. The SMILES string of the molecule is COc1ccccc1C(=O)Nc1ccccc1C(=O)NC[C@H]1CCCO1. The van der Waals surface area contributed by atoms with Crippen LogP contribution in [0.2, 0.25) is 0 Å². The van der Waals surface area contributed by atoms with E-state index in [0.29, 0.717) is 29.1 Å². The summed E-state index contributed by atoms with van der Waals surface area (Å²) in [7, 11) is 1.51. The van der Waals surface area contributed by atoms with Crippen LogP contribution in [0.1, 0.15) is 33.6 Å². The molecule has 0 unspecified atom stereocenters. The molecule has 2 N–H and O–H groups in total. The molecule has 26 heavy (non-hydrogen) atoms. The number of ether oxygens (including phenoxy) is 2. The number of rotatable bonds is 6. The highest BCUT2D eigenvalue weighted by molar-refractivity contribution is 6.10. The van der Waals surface area contributed by atoms with E-state index in [1.54, 1.807) is 48.5 Å². The van der Waals surface area contributed by atoms with Gasteiger partial charge in [-0.2, -0.15) is 0 Å². The molecule has 0 radical (unpaired) electrons. The summed E-state index contributed by atoms with van der Waals surface area (Å²) in [5.74, 6) is -0.0939. The molecule has 0 saturated carbocycles. The third-order valence-corrected chi connectivity index (χ3v) is 4.29. The summed E-state index contributed by atoms with van der Waals surface area (Å²) in [6.07, 6.45) is 2.03. The number of para-hydroxylation sites is 2. The highest BCUT2D eigenvalue weighted by atomic mass is 16.5. The largest absolute Gasteiger partial charge is 0.496 e. The number of carbonyl (C=O) groups is 2. The number of hydrogen-bond donors (Lipinski definition) is 2. The molecular formula is C20H22N2O4. The average Bonchev–Trinajstić information content (AvgIpc) is 3.20. The van der Waals surface area contributed by atoms with Crippen LogP contribution in [0.15, 0.2) is 48.5 Å². The average molecular weight is 354 g/mol. The molecule has 1 fully saturated rings. The minimum Gasteiger partial charge on any atom is -0.496 e. The van der Waals surface area contributed by atoms with Gasteiger partial charge in [0.05, 0.1) is 30.0 Å². The van der Waals surface area contributed by atoms with Crippen molar-refractivity contribution in [1.82, 2.24) is 5.32 Å². The van der Waals surface area contributed by atoms with Crippen LogP contribution in [0.3, 0.4) is 0 Å². The smallest absolute Gasteiger partial charge is 0.259 e. The summed E-state index contributed by atoms with van der Waals surface area (Å²) in [6.45, 7) is 1.21. The molecule has 1 atom stereocenters. The van der Waals surface area contributed by atoms with Crippen molar-refractivity contribution in [3.8, 4) is 5.75 Å². The summed E-state index contributed by atoms with van der Waals surface area (Å²) < 4.78 is 10.7. The third-order valence-electron chi connectivity index (χ3n) is 4.29. The summed E-state index contributed by atoms with van der Waals surface area (Å²) in [5, 5.41) is 5.68. The van der Waals surface area contributed by atoms with E-state index in [-0.39, 0.29) is 17.9 Å². The van der Waals surface area contributed by atoms with E-state index >= 15 is 0 Å². The number of methoxy groups -OCH3 is 1. The number of benzene rings is 2. The van der Waals surface area contributed by atoms with Crippen molar-refractivity contribution in [3.63, 3.8) is 0 Å². The van der Waals surface area contributed by atoms with Crippen LogP contribution in [-0.2, 0) is 4.74 Å². The Bertz CT molecular complexity index is 785. The fourth-order valence-corrected chi connectivity index (χ4v) is 2.92. The van der Waals surface area contributed by atoms with Crippen LogP contribution in [0, 0.1) is 0 Å². The van der Waals surface area contributed by atoms with Gasteiger partial charge in [-0.05, 0) is 37.1 Å². The Morgan fingerprint density at radius 2 is 1.81 bits per heavy atom. The van der Waals surface area contributed by atoms with Crippen molar-refractivity contribution in [2.45, 2.75) is 18.9 Å². The molecule has 1 heterocycles. The Labute approximate surface area is 152 Å². The minimum absolute atomic E-state index is 0.0642. The quantitative estimate of drug-likeness (QED) is 0.836. The molecule has 1 aliphatic rings. The highest BCUT2D eigenvalue weighted by Crippen LogP contribution is 2.21. The Balaban J connectivity index is 1.72. The van der Waals surface area contributed by atoms with Crippen molar-refractivity contribution in [2.24, 2.45) is 0 Å². The first-order chi connectivity index (χ1) is 12.7. The molecular weight excluding hydrogens is 332 g/mol. The number of anilines is 1.